The van der Waals surface area contributed by atoms with Crippen molar-refractivity contribution in [3.8, 4) is 0 Å². The van der Waals surface area contributed by atoms with Gasteiger partial charge in [0.15, 0.2) is 0 Å². The topological polar surface area (TPSA) is 324 Å². The molecule has 0 bridgehead atoms. The molecule has 55 heavy (non-hydrogen) atoms. The highest BCUT2D eigenvalue weighted by Crippen LogP contribution is 2.27. The fourth-order valence-electron chi connectivity index (χ4n) is 5.94. The van der Waals surface area contributed by atoms with Gasteiger partial charge in [0.1, 0.15) is 36.3 Å². The summed E-state index contributed by atoms with van der Waals surface area (Å²) in [5, 5.41) is 51.4. The van der Waals surface area contributed by atoms with Crippen molar-refractivity contribution in [3.63, 3.8) is 0 Å². The smallest absolute Gasteiger partial charge is 0.327 e. The lowest BCUT2D eigenvalue weighted by atomic mass is 9.84. The molecular weight excluding hydrogens is 748 g/mol. The number of aliphatic carboxylic acids is 4. The van der Waals surface area contributed by atoms with Gasteiger partial charge in [-0.05, 0) is 37.5 Å². The third-order valence-corrected chi connectivity index (χ3v) is 9.06. The molecular formula is C34H54N6O14S. The summed E-state index contributed by atoms with van der Waals surface area (Å²) in [6, 6.07) is -8.89. The van der Waals surface area contributed by atoms with Gasteiger partial charge in [-0.3, -0.25) is 43.2 Å². The first-order valence-corrected chi connectivity index (χ1v) is 18.6. The summed E-state index contributed by atoms with van der Waals surface area (Å²) in [5.41, 5.74) is 0. The predicted molar refractivity (Wildman–Crippen MR) is 195 cm³/mol. The first-order valence-electron chi connectivity index (χ1n) is 18.0. The molecule has 21 heteroatoms. The van der Waals surface area contributed by atoms with Crippen molar-refractivity contribution in [2.45, 2.75) is 134 Å². The monoisotopic (exact) mass is 802 g/mol. The Balaban J connectivity index is 3.37. The molecule has 1 aliphatic carbocycles. The van der Waals surface area contributed by atoms with E-state index in [1.165, 1.54) is 0 Å². The third kappa shape index (κ3) is 19.3. The van der Waals surface area contributed by atoms with Gasteiger partial charge in [-0.25, -0.2) is 4.79 Å². The fourth-order valence-corrected chi connectivity index (χ4v) is 6.19. The van der Waals surface area contributed by atoms with Gasteiger partial charge in [0.2, 0.25) is 35.4 Å². The molecule has 0 aromatic heterocycles. The van der Waals surface area contributed by atoms with Crippen LogP contribution in [0.15, 0.2) is 0 Å². The lowest BCUT2D eigenvalue weighted by molar-refractivity contribution is -0.142. The normalized spacial score (nSPS) is 16.2. The maximum absolute atomic E-state index is 13.7. The summed E-state index contributed by atoms with van der Waals surface area (Å²) < 4.78 is 0. The molecule has 1 rings (SSSR count). The number of thiol groups is 1. The molecule has 0 aromatic rings. The number of hydrogen-bond acceptors (Lipinski definition) is 11. The van der Waals surface area contributed by atoms with E-state index in [1.54, 1.807) is 13.8 Å². The minimum Gasteiger partial charge on any atom is -0.481 e. The van der Waals surface area contributed by atoms with Crippen molar-refractivity contribution in [2.24, 2.45) is 11.8 Å². The van der Waals surface area contributed by atoms with Crippen LogP contribution in [0.4, 0.5) is 0 Å². The zero-order chi connectivity index (χ0) is 41.8. The Morgan fingerprint density at radius 2 is 0.982 bits per heavy atom. The minimum atomic E-state index is -1.63. The van der Waals surface area contributed by atoms with E-state index in [2.05, 4.69) is 44.5 Å². The first-order chi connectivity index (χ1) is 25.7. The number of amides is 6. The molecule has 1 saturated carbocycles. The second-order valence-corrected chi connectivity index (χ2v) is 14.3. The number of nitrogens with one attached hydrogen (secondary N) is 6. The number of carbonyl (C=O) groups excluding carboxylic acids is 6. The molecule has 1 fully saturated rings. The number of carboxylic acid groups (broad SMARTS) is 4. The number of carbonyl (C=O) groups is 10. The van der Waals surface area contributed by atoms with Crippen molar-refractivity contribution in [1.29, 1.82) is 0 Å². The van der Waals surface area contributed by atoms with Crippen LogP contribution in [0.5, 0.6) is 0 Å². The lowest BCUT2D eigenvalue weighted by Crippen LogP contribution is -2.60. The van der Waals surface area contributed by atoms with Crippen molar-refractivity contribution in [1.82, 2.24) is 31.9 Å². The Morgan fingerprint density at radius 1 is 0.564 bits per heavy atom. The van der Waals surface area contributed by atoms with Crippen LogP contribution in [-0.2, 0) is 47.9 Å². The fraction of sp³-hybridized carbons (Fsp3) is 0.706. The van der Waals surface area contributed by atoms with Gasteiger partial charge in [-0.1, -0.05) is 46.0 Å². The third-order valence-electron chi connectivity index (χ3n) is 8.70. The van der Waals surface area contributed by atoms with E-state index in [4.69, 9.17) is 0 Å². The average Bonchev–Trinajstić information content (AvgIpc) is 3.08. The summed E-state index contributed by atoms with van der Waals surface area (Å²) in [6.07, 6.45) is 1.29. The van der Waals surface area contributed by atoms with Gasteiger partial charge in [-0.15, -0.1) is 0 Å². The van der Waals surface area contributed by atoms with Crippen LogP contribution in [0.25, 0.3) is 0 Å². The molecule has 0 heterocycles. The second kappa shape index (κ2) is 24.5. The van der Waals surface area contributed by atoms with Crippen LogP contribution in [0, 0.1) is 11.8 Å². The molecule has 6 amide bonds. The maximum Gasteiger partial charge on any atom is 0.327 e. The van der Waals surface area contributed by atoms with E-state index < -0.39 is 128 Å². The Kier molecular flexibility index (Phi) is 21.4. The van der Waals surface area contributed by atoms with Crippen LogP contribution >= 0.6 is 12.6 Å². The highest BCUT2D eigenvalue weighted by molar-refractivity contribution is 7.80. The van der Waals surface area contributed by atoms with Crippen LogP contribution < -0.4 is 31.9 Å². The maximum atomic E-state index is 13.7. The highest BCUT2D eigenvalue weighted by Gasteiger charge is 2.35. The van der Waals surface area contributed by atoms with Gasteiger partial charge < -0.3 is 52.3 Å². The quantitative estimate of drug-likeness (QED) is 0.0501. The van der Waals surface area contributed by atoms with Crippen LogP contribution in [0.1, 0.15) is 97.8 Å². The van der Waals surface area contributed by atoms with E-state index >= 15 is 0 Å². The number of carboxylic acids is 4. The SMILES string of the molecule is CC(=O)N[C@@H](CC(=O)O)C(=O)N[C@H](CCC(=O)O)C(=O)N[C@@H](CC(C)C)C(=O)N[C@@H](CCC(=O)O)C(=O)N[C@@H](CC1CCCCC1)C(=O)N[C@@H](CS)C(=O)O. The summed E-state index contributed by atoms with van der Waals surface area (Å²) >= 11 is 3.96. The molecule has 0 unspecified atom stereocenters. The van der Waals surface area contributed by atoms with Crippen LogP contribution in [-0.4, -0.2) is 122 Å². The van der Waals surface area contributed by atoms with Crippen molar-refractivity contribution >= 4 is 71.9 Å². The van der Waals surface area contributed by atoms with Crippen LogP contribution in [0.3, 0.4) is 0 Å². The molecule has 0 radical (unpaired) electrons. The minimum absolute atomic E-state index is 0.00832. The van der Waals surface area contributed by atoms with E-state index in [0.717, 1.165) is 39.0 Å². The molecule has 0 saturated heterocycles. The molecule has 1 aliphatic rings. The summed E-state index contributed by atoms with van der Waals surface area (Å²) in [7, 11) is 0. The Labute approximate surface area is 323 Å². The zero-order valence-corrected chi connectivity index (χ0v) is 32.0. The summed E-state index contributed by atoms with van der Waals surface area (Å²) in [4.78, 5) is 125. The van der Waals surface area contributed by atoms with E-state index in [1.807, 2.05) is 0 Å². The molecule has 0 aromatic carbocycles. The van der Waals surface area contributed by atoms with Gasteiger partial charge in [0.05, 0.1) is 6.42 Å². The molecule has 10 N–H and O–H groups in total. The largest absolute Gasteiger partial charge is 0.481 e. The number of rotatable bonds is 25. The van der Waals surface area contributed by atoms with E-state index in [0.29, 0.717) is 0 Å². The Morgan fingerprint density at radius 3 is 1.40 bits per heavy atom. The first kappa shape index (κ1) is 48.1. The number of hydrogen-bond donors (Lipinski definition) is 11. The van der Waals surface area contributed by atoms with E-state index in [-0.39, 0.29) is 30.4 Å². The van der Waals surface area contributed by atoms with Crippen molar-refractivity contribution < 1.29 is 68.4 Å². The van der Waals surface area contributed by atoms with Gasteiger partial charge in [0.25, 0.3) is 0 Å². The zero-order valence-electron chi connectivity index (χ0n) is 31.1. The van der Waals surface area contributed by atoms with Gasteiger partial charge >= 0.3 is 23.9 Å². The molecule has 20 nitrogen and oxygen atoms in total. The second-order valence-electron chi connectivity index (χ2n) is 13.9. The van der Waals surface area contributed by atoms with Gasteiger partial charge in [0, 0.05) is 25.5 Å². The molecule has 310 valence electrons. The summed E-state index contributed by atoms with van der Waals surface area (Å²) in [5.74, 6) is -11.7. The lowest BCUT2D eigenvalue weighted by Gasteiger charge is -2.29. The average molecular weight is 803 g/mol. The predicted octanol–water partition coefficient (Wildman–Crippen LogP) is -0.850. The molecule has 0 aliphatic heterocycles. The highest BCUT2D eigenvalue weighted by atomic mass is 32.1. The Hall–Kier alpha value is -4.95. The summed E-state index contributed by atoms with van der Waals surface area (Å²) in [6.45, 7) is 4.41. The van der Waals surface area contributed by atoms with Crippen molar-refractivity contribution in [2.75, 3.05) is 5.75 Å². The molecule has 0 spiro atoms. The Bertz CT molecular complexity index is 1390. The standard InChI is InChI=1S/C34H54N6O14S/c1-17(2)13-22(38-29(48)20(9-11-26(42)43)37-33(52)24(15-28(46)47)35-18(3)41)31(50)36-21(10-12-27(44)45)30(49)39-23(14-19-7-5-4-6-8-19)32(51)40-25(16-55)34(53)54/h17,19-25,55H,4-16H2,1-3H3,(H,35,41)(H,36,50)(H,37,52)(H,38,48)(H,39,49)(H,40,51)(H,42,43)(H,44,45)(H,46,47)(H,53,54)/t20-,21+,22+,23+,24+,25+/m1/s1. The van der Waals surface area contributed by atoms with Crippen molar-refractivity contribution in [3.05, 3.63) is 0 Å². The van der Waals surface area contributed by atoms with E-state index in [9.17, 15) is 68.4 Å². The van der Waals surface area contributed by atoms with Gasteiger partial charge in [-0.2, -0.15) is 12.6 Å². The van der Waals surface area contributed by atoms with Crippen LogP contribution in [0.2, 0.25) is 0 Å². The molecule has 6 atom stereocenters.